The Morgan fingerprint density at radius 3 is 2.73 bits per heavy atom. The lowest BCUT2D eigenvalue weighted by atomic mass is 9.81. The number of methoxy groups -OCH3 is 1. The van der Waals surface area contributed by atoms with Crippen LogP contribution in [0.25, 0.3) is 16.4 Å². The molecule has 0 amide bonds. The van der Waals surface area contributed by atoms with Crippen LogP contribution in [-0.4, -0.2) is 26.7 Å². The van der Waals surface area contributed by atoms with E-state index in [1.165, 1.54) is 5.56 Å². The van der Waals surface area contributed by atoms with E-state index in [1.807, 2.05) is 24.3 Å². The molecule has 33 heavy (non-hydrogen) atoms. The predicted molar refractivity (Wildman–Crippen MR) is 123 cm³/mol. The van der Waals surface area contributed by atoms with Gasteiger partial charge in [0.25, 0.3) is 0 Å². The number of benzene rings is 3. The molecule has 1 atom stereocenters. The quantitative estimate of drug-likeness (QED) is 0.393. The molecule has 2 aromatic heterocycles. The Morgan fingerprint density at radius 1 is 1.09 bits per heavy atom. The minimum absolute atomic E-state index is 0.131. The molecular formula is C26H19N5O2. The first-order valence-corrected chi connectivity index (χ1v) is 10.6. The van der Waals surface area contributed by atoms with Crippen LogP contribution in [0, 0.1) is 18.3 Å². The van der Waals surface area contributed by atoms with Crippen LogP contribution in [0.1, 0.15) is 34.0 Å². The molecule has 7 heteroatoms. The second-order valence-electron chi connectivity index (χ2n) is 8.10. The Morgan fingerprint density at radius 2 is 1.94 bits per heavy atom. The monoisotopic (exact) mass is 433 g/mol. The average Bonchev–Trinajstić information content (AvgIpc) is 3.26. The number of hydrogen-bond donors (Lipinski definition) is 0. The smallest absolute Gasteiger partial charge is 0.228 e. The summed E-state index contributed by atoms with van der Waals surface area (Å²) in [5.74, 6) is 2.36. The van der Waals surface area contributed by atoms with E-state index >= 15 is 0 Å². The number of aryl methyl sites for hydroxylation is 1. The molecule has 3 heterocycles. The molecule has 0 saturated carbocycles. The fraction of sp³-hybridized carbons (Fsp3) is 0.154. The van der Waals surface area contributed by atoms with E-state index < -0.39 is 0 Å². The van der Waals surface area contributed by atoms with Crippen LogP contribution in [0.3, 0.4) is 0 Å². The van der Waals surface area contributed by atoms with Gasteiger partial charge in [-0.25, -0.2) is 14.5 Å². The number of aromatic nitrogens is 4. The van der Waals surface area contributed by atoms with Crippen molar-refractivity contribution in [2.24, 2.45) is 0 Å². The van der Waals surface area contributed by atoms with Crippen molar-refractivity contribution in [3.8, 4) is 23.4 Å². The molecule has 0 radical (unpaired) electrons. The lowest BCUT2D eigenvalue weighted by Crippen LogP contribution is -2.15. The first-order valence-electron chi connectivity index (χ1n) is 10.6. The molecule has 160 valence electrons. The molecule has 3 aromatic carbocycles. The van der Waals surface area contributed by atoms with E-state index in [2.05, 4.69) is 58.4 Å². The van der Waals surface area contributed by atoms with Gasteiger partial charge in [0, 0.05) is 11.5 Å². The zero-order valence-corrected chi connectivity index (χ0v) is 18.1. The number of hydrogen-bond acceptors (Lipinski definition) is 6. The summed E-state index contributed by atoms with van der Waals surface area (Å²) in [6.45, 7) is 2.07. The lowest BCUT2D eigenvalue weighted by Gasteiger charge is -2.29. The Hall–Kier alpha value is -4.44. The van der Waals surface area contributed by atoms with Crippen LogP contribution in [0.4, 0.5) is 0 Å². The third kappa shape index (κ3) is 2.99. The van der Waals surface area contributed by atoms with E-state index in [-0.39, 0.29) is 12.3 Å². The molecule has 1 aliphatic rings. The molecule has 1 aliphatic heterocycles. The first kappa shape index (κ1) is 19.3. The number of ether oxygens (including phenoxy) is 2. The topological polar surface area (TPSA) is 85.3 Å². The van der Waals surface area contributed by atoms with Gasteiger partial charge in [0.1, 0.15) is 17.8 Å². The first-order chi connectivity index (χ1) is 16.2. The third-order valence-corrected chi connectivity index (χ3v) is 6.09. The van der Waals surface area contributed by atoms with Crippen LogP contribution >= 0.6 is 0 Å². The second-order valence-corrected chi connectivity index (χ2v) is 8.10. The average molecular weight is 433 g/mol. The summed E-state index contributed by atoms with van der Waals surface area (Å²) in [6.07, 6.45) is 1.72. The molecule has 0 spiro atoms. The molecule has 0 aliphatic carbocycles. The van der Waals surface area contributed by atoms with Gasteiger partial charge in [-0.2, -0.15) is 5.26 Å². The van der Waals surface area contributed by atoms with Gasteiger partial charge in [-0.3, -0.25) is 0 Å². The normalized spacial score (nSPS) is 14.4. The standard InChI is InChI=1S/C26H19N5O2/c1-15-3-5-16(6-4-15)22-23-19-9-8-18(32-2)13-17(19)7-10-20(23)33-26-24(22)25-29-21(11-12-27)30-31(25)14-28-26/h3-10,13-14,22H,11H2,1-2H3. The Labute approximate surface area is 189 Å². The molecule has 7 nitrogen and oxygen atoms in total. The van der Waals surface area contributed by atoms with Crippen molar-refractivity contribution in [2.45, 2.75) is 19.3 Å². The van der Waals surface area contributed by atoms with Gasteiger partial charge in [0.05, 0.1) is 25.2 Å². The largest absolute Gasteiger partial charge is 0.497 e. The maximum atomic E-state index is 9.14. The van der Waals surface area contributed by atoms with Crippen molar-refractivity contribution in [1.29, 1.82) is 5.26 Å². The molecular weight excluding hydrogens is 414 g/mol. The molecule has 0 saturated heterocycles. The SMILES string of the molecule is COc1ccc2c3c(ccc2c1)Oc1ncn2nc(CC#N)nc2c1C3c1ccc(C)cc1. The van der Waals surface area contributed by atoms with Crippen LogP contribution in [0.5, 0.6) is 17.4 Å². The maximum Gasteiger partial charge on any atom is 0.228 e. The minimum atomic E-state index is -0.170. The Balaban J connectivity index is 1.69. The van der Waals surface area contributed by atoms with Crippen molar-refractivity contribution in [2.75, 3.05) is 7.11 Å². The van der Waals surface area contributed by atoms with Crippen LogP contribution < -0.4 is 9.47 Å². The molecule has 0 N–H and O–H groups in total. The van der Waals surface area contributed by atoms with E-state index in [4.69, 9.17) is 14.7 Å². The van der Waals surface area contributed by atoms with Gasteiger partial charge in [-0.1, -0.05) is 42.0 Å². The fourth-order valence-corrected chi connectivity index (χ4v) is 4.55. The van der Waals surface area contributed by atoms with Crippen molar-refractivity contribution in [3.05, 3.63) is 89.0 Å². The van der Waals surface area contributed by atoms with Gasteiger partial charge >= 0.3 is 0 Å². The van der Waals surface area contributed by atoms with Crippen LogP contribution in [0.15, 0.2) is 60.9 Å². The molecule has 0 bridgehead atoms. The fourth-order valence-electron chi connectivity index (χ4n) is 4.55. The predicted octanol–water partition coefficient (Wildman–Crippen LogP) is 4.95. The summed E-state index contributed by atoms with van der Waals surface area (Å²) >= 11 is 0. The van der Waals surface area contributed by atoms with E-state index in [0.717, 1.165) is 39.0 Å². The third-order valence-electron chi connectivity index (χ3n) is 6.09. The zero-order valence-electron chi connectivity index (χ0n) is 18.1. The molecule has 1 unspecified atom stereocenters. The van der Waals surface area contributed by atoms with Crippen LogP contribution in [-0.2, 0) is 6.42 Å². The minimum Gasteiger partial charge on any atom is -0.497 e. The number of fused-ring (bicyclic) bond motifs is 6. The molecule has 5 aromatic rings. The molecule has 6 rings (SSSR count). The summed E-state index contributed by atoms with van der Waals surface area (Å²) in [4.78, 5) is 9.23. The molecule has 0 fully saturated rings. The van der Waals surface area contributed by atoms with Crippen molar-refractivity contribution in [3.63, 3.8) is 0 Å². The van der Waals surface area contributed by atoms with E-state index in [1.54, 1.807) is 18.0 Å². The highest BCUT2D eigenvalue weighted by atomic mass is 16.5. The zero-order chi connectivity index (χ0) is 22.5. The number of nitriles is 1. The van der Waals surface area contributed by atoms with E-state index in [9.17, 15) is 0 Å². The number of rotatable bonds is 3. The summed E-state index contributed by atoms with van der Waals surface area (Å²) in [5, 5.41) is 15.7. The Kier molecular flexibility index (Phi) is 4.27. The Bertz CT molecular complexity index is 1580. The van der Waals surface area contributed by atoms with Gasteiger partial charge in [-0.05, 0) is 41.5 Å². The van der Waals surface area contributed by atoms with Gasteiger partial charge < -0.3 is 9.47 Å². The summed E-state index contributed by atoms with van der Waals surface area (Å²) in [6, 6.07) is 20.7. The lowest BCUT2D eigenvalue weighted by molar-refractivity contribution is 0.415. The van der Waals surface area contributed by atoms with E-state index in [0.29, 0.717) is 17.4 Å². The van der Waals surface area contributed by atoms with Crippen molar-refractivity contribution in [1.82, 2.24) is 19.6 Å². The maximum absolute atomic E-state index is 9.14. The van der Waals surface area contributed by atoms with Gasteiger partial charge in [-0.15, -0.1) is 5.10 Å². The highest BCUT2D eigenvalue weighted by Gasteiger charge is 2.34. The number of nitrogens with zero attached hydrogens (tertiary/aromatic N) is 5. The summed E-state index contributed by atoms with van der Waals surface area (Å²) in [5.41, 5.74) is 4.82. The second kappa shape index (κ2) is 7.31. The van der Waals surface area contributed by atoms with Crippen molar-refractivity contribution >= 4 is 16.4 Å². The highest BCUT2D eigenvalue weighted by Crippen LogP contribution is 2.50. The summed E-state index contributed by atoms with van der Waals surface area (Å²) in [7, 11) is 1.67. The van der Waals surface area contributed by atoms with Gasteiger partial charge in [0.15, 0.2) is 11.5 Å². The van der Waals surface area contributed by atoms with Crippen LogP contribution in [0.2, 0.25) is 0 Å². The van der Waals surface area contributed by atoms with Gasteiger partial charge in [0.2, 0.25) is 5.88 Å². The summed E-state index contributed by atoms with van der Waals surface area (Å²) < 4.78 is 13.4. The van der Waals surface area contributed by atoms with Crippen molar-refractivity contribution < 1.29 is 9.47 Å². The highest BCUT2D eigenvalue weighted by molar-refractivity contribution is 5.91.